The fourth-order valence-corrected chi connectivity index (χ4v) is 1.77. The van der Waals surface area contributed by atoms with E-state index in [1.807, 2.05) is 30.3 Å². The van der Waals surface area contributed by atoms with Crippen molar-refractivity contribution in [3.8, 4) is 0 Å². The maximum absolute atomic E-state index is 11.7. The van der Waals surface area contributed by atoms with E-state index in [0.29, 0.717) is 12.8 Å². The molecule has 0 radical (unpaired) electrons. The van der Waals surface area contributed by atoms with E-state index in [0.717, 1.165) is 5.56 Å². The van der Waals surface area contributed by atoms with Gasteiger partial charge in [0.2, 0.25) is 6.29 Å². The summed E-state index contributed by atoms with van der Waals surface area (Å²) in [5.41, 5.74) is 1.09. The minimum Gasteiger partial charge on any atom is -0.432 e. The van der Waals surface area contributed by atoms with Crippen LogP contribution in [0.3, 0.4) is 0 Å². The lowest BCUT2D eigenvalue weighted by Gasteiger charge is -2.21. The molecule has 1 heterocycles. The number of carbonyl (C=O) groups is 2. The van der Waals surface area contributed by atoms with Crippen LogP contribution in [0.2, 0.25) is 0 Å². The van der Waals surface area contributed by atoms with Crippen LogP contribution < -0.4 is 0 Å². The van der Waals surface area contributed by atoms with E-state index in [2.05, 4.69) is 0 Å². The quantitative estimate of drug-likeness (QED) is 0.777. The minimum absolute atomic E-state index is 0.114. The summed E-state index contributed by atoms with van der Waals surface area (Å²) in [5, 5.41) is 0. The maximum Gasteiger partial charge on any atom is 0.308 e. The number of aryl methyl sites for hydroxylation is 1. The molecular formula is C15H16O4. The first-order chi connectivity index (χ1) is 9.15. The summed E-state index contributed by atoms with van der Waals surface area (Å²) in [6.45, 7) is 1.64. The predicted octanol–water partition coefficient (Wildman–Crippen LogP) is 2.03. The van der Waals surface area contributed by atoms with Gasteiger partial charge < -0.3 is 9.47 Å². The van der Waals surface area contributed by atoms with Gasteiger partial charge in [-0.15, -0.1) is 0 Å². The van der Waals surface area contributed by atoms with E-state index in [-0.39, 0.29) is 11.8 Å². The van der Waals surface area contributed by atoms with Gasteiger partial charge in [-0.05, 0) is 31.1 Å². The van der Waals surface area contributed by atoms with Crippen LogP contribution in [0.15, 0.2) is 42.5 Å². The Bertz CT molecular complexity index is 478. The van der Waals surface area contributed by atoms with Crippen molar-refractivity contribution in [2.45, 2.75) is 32.2 Å². The highest BCUT2D eigenvalue weighted by Gasteiger charge is 2.23. The molecule has 2 atom stereocenters. The van der Waals surface area contributed by atoms with Crippen LogP contribution in [0.5, 0.6) is 0 Å². The van der Waals surface area contributed by atoms with Gasteiger partial charge in [-0.2, -0.15) is 0 Å². The maximum atomic E-state index is 11.7. The molecule has 100 valence electrons. The van der Waals surface area contributed by atoms with Gasteiger partial charge in [0.25, 0.3) is 0 Å². The molecule has 0 fully saturated rings. The van der Waals surface area contributed by atoms with Crippen molar-refractivity contribution in [1.82, 2.24) is 0 Å². The zero-order valence-corrected chi connectivity index (χ0v) is 10.7. The average molecular weight is 260 g/mol. The average Bonchev–Trinajstić information content (AvgIpc) is 2.42. The van der Waals surface area contributed by atoms with Crippen molar-refractivity contribution in [1.29, 1.82) is 0 Å². The van der Waals surface area contributed by atoms with Crippen molar-refractivity contribution in [3.05, 3.63) is 48.0 Å². The zero-order chi connectivity index (χ0) is 13.7. The Kier molecular flexibility index (Phi) is 4.47. The summed E-state index contributed by atoms with van der Waals surface area (Å²) in [5.74, 6) is -0.448. The molecule has 4 heteroatoms. The normalized spacial score (nSPS) is 22.3. The first kappa shape index (κ1) is 13.5. The largest absolute Gasteiger partial charge is 0.432 e. The van der Waals surface area contributed by atoms with Crippen LogP contribution in [-0.2, 0) is 25.5 Å². The van der Waals surface area contributed by atoms with Crippen molar-refractivity contribution >= 4 is 11.8 Å². The highest BCUT2D eigenvalue weighted by molar-refractivity contribution is 5.93. The lowest BCUT2D eigenvalue weighted by Crippen LogP contribution is -2.32. The van der Waals surface area contributed by atoms with Gasteiger partial charge in [-0.25, -0.2) is 0 Å². The summed E-state index contributed by atoms with van der Waals surface area (Å²) >= 11 is 0. The fourth-order valence-electron chi connectivity index (χ4n) is 1.77. The van der Waals surface area contributed by atoms with Gasteiger partial charge in [-0.3, -0.25) is 9.59 Å². The number of hydrogen-bond acceptors (Lipinski definition) is 4. The van der Waals surface area contributed by atoms with Crippen LogP contribution in [0.1, 0.15) is 18.9 Å². The number of esters is 1. The van der Waals surface area contributed by atoms with Crippen molar-refractivity contribution in [2.75, 3.05) is 0 Å². The molecule has 0 bridgehead atoms. The first-order valence-corrected chi connectivity index (χ1v) is 6.26. The van der Waals surface area contributed by atoms with E-state index >= 15 is 0 Å². The number of ether oxygens (including phenoxy) is 2. The molecule has 0 saturated carbocycles. The molecule has 1 aromatic carbocycles. The Hall–Kier alpha value is -1.94. The number of ketones is 1. The molecule has 0 saturated heterocycles. The highest BCUT2D eigenvalue weighted by Crippen LogP contribution is 2.12. The molecule has 2 rings (SSSR count). The second-order valence-electron chi connectivity index (χ2n) is 4.38. The molecule has 0 spiro atoms. The predicted molar refractivity (Wildman–Crippen MR) is 69.3 cm³/mol. The van der Waals surface area contributed by atoms with Gasteiger partial charge in [0.05, 0.1) is 0 Å². The Balaban J connectivity index is 1.79. The molecule has 0 aliphatic carbocycles. The van der Waals surface area contributed by atoms with Crippen molar-refractivity contribution < 1.29 is 19.1 Å². The van der Waals surface area contributed by atoms with Gasteiger partial charge >= 0.3 is 5.97 Å². The van der Waals surface area contributed by atoms with Crippen molar-refractivity contribution in [2.24, 2.45) is 0 Å². The molecule has 0 amide bonds. The van der Waals surface area contributed by atoms with Gasteiger partial charge in [0.15, 0.2) is 5.78 Å². The van der Waals surface area contributed by atoms with Crippen LogP contribution in [0.4, 0.5) is 0 Å². The Morgan fingerprint density at radius 2 is 2.05 bits per heavy atom. The number of rotatable bonds is 4. The van der Waals surface area contributed by atoms with Gasteiger partial charge in [0.1, 0.15) is 6.10 Å². The van der Waals surface area contributed by atoms with Gasteiger partial charge in [0, 0.05) is 6.42 Å². The molecule has 1 aromatic rings. The standard InChI is InChI=1S/C15H16O4/c1-11-13(16)8-10-15(18-11)19-14(17)9-7-12-5-3-2-4-6-12/h2-6,8,10-11,15H,7,9H2,1H3/t11-,15-/m0/s1. The van der Waals surface area contributed by atoms with E-state index < -0.39 is 12.4 Å². The molecule has 0 unspecified atom stereocenters. The molecule has 4 nitrogen and oxygen atoms in total. The summed E-state index contributed by atoms with van der Waals surface area (Å²) in [6, 6.07) is 9.72. The van der Waals surface area contributed by atoms with E-state index in [1.165, 1.54) is 12.2 Å². The molecular weight excluding hydrogens is 244 g/mol. The van der Waals surface area contributed by atoms with Crippen LogP contribution >= 0.6 is 0 Å². The SMILES string of the molecule is C[C@@H]1O[C@@H](OC(=O)CCc2ccccc2)C=CC1=O. The summed E-state index contributed by atoms with van der Waals surface area (Å²) in [4.78, 5) is 22.8. The second-order valence-corrected chi connectivity index (χ2v) is 4.38. The van der Waals surface area contributed by atoms with E-state index in [1.54, 1.807) is 6.92 Å². The van der Waals surface area contributed by atoms with Gasteiger partial charge in [-0.1, -0.05) is 30.3 Å². The number of carbonyl (C=O) groups excluding carboxylic acids is 2. The van der Waals surface area contributed by atoms with Crippen molar-refractivity contribution in [3.63, 3.8) is 0 Å². The highest BCUT2D eigenvalue weighted by atomic mass is 16.7. The Labute approximate surface area is 112 Å². The monoisotopic (exact) mass is 260 g/mol. The molecule has 19 heavy (non-hydrogen) atoms. The Morgan fingerprint density at radius 1 is 1.32 bits per heavy atom. The summed E-state index contributed by atoms with van der Waals surface area (Å²) in [6.07, 6.45) is 2.46. The van der Waals surface area contributed by atoms with Crippen LogP contribution in [-0.4, -0.2) is 24.1 Å². The van der Waals surface area contributed by atoms with E-state index in [9.17, 15) is 9.59 Å². The number of hydrogen-bond donors (Lipinski definition) is 0. The van der Waals surface area contributed by atoms with Crippen LogP contribution in [0, 0.1) is 0 Å². The van der Waals surface area contributed by atoms with Crippen LogP contribution in [0.25, 0.3) is 0 Å². The molecule has 1 aliphatic heterocycles. The fraction of sp³-hybridized carbons (Fsp3) is 0.333. The first-order valence-electron chi connectivity index (χ1n) is 6.26. The molecule has 0 N–H and O–H groups in total. The second kappa shape index (κ2) is 6.29. The summed E-state index contributed by atoms with van der Waals surface area (Å²) < 4.78 is 10.4. The molecule has 1 aliphatic rings. The zero-order valence-electron chi connectivity index (χ0n) is 10.7. The smallest absolute Gasteiger partial charge is 0.308 e. The van der Waals surface area contributed by atoms with E-state index in [4.69, 9.17) is 9.47 Å². The third-order valence-corrected chi connectivity index (χ3v) is 2.86. The minimum atomic E-state index is -0.754. The third-order valence-electron chi connectivity index (χ3n) is 2.86. The lowest BCUT2D eigenvalue weighted by atomic mass is 10.1. The third kappa shape index (κ3) is 4.03. The lowest BCUT2D eigenvalue weighted by molar-refractivity contribution is -0.180. The number of benzene rings is 1. The Morgan fingerprint density at radius 3 is 2.74 bits per heavy atom. The molecule has 0 aromatic heterocycles. The topological polar surface area (TPSA) is 52.6 Å². The summed E-state index contributed by atoms with van der Waals surface area (Å²) in [7, 11) is 0.